The molecule has 0 spiro atoms. The number of anilines is 1. The van der Waals surface area contributed by atoms with Crippen molar-refractivity contribution in [3.63, 3.8) is 0 Å². The van der Waals surface area contributed by atoms with Gasteiger partial charge in [0.1, 0.15) is 30.6 Å². The molecule has 108 valence electrons. The Balaban J connectivity index is 1.94. The lowest BCUT2D eigenvalue weighted by molar-refractivity contribution is 0.132. The molecule has 0 saturated carbocycles. The maximum absolute atomic E-state index is 11.5. The first kappa shape index (κ1) is 14.6. The number of rotatable bonds is 7. The summed E-state index contributed by atoms with van der Waals surface area (Å²) in [7, 11) is -3.78. The Morgan fingerprint density at radius 1 is 1.55 bits per heavy atom. The van der Waals surface area contributed by atoms with Gasteiger partial charge in [-0.15, -0.1) is 6.58 Å². The highest BCUT2D eigenvalue weighted by molar-refractivity contribution is 7.52. The third-order valence-corrected chi connectivity index (χ3v) is 3.32. The highest BCUT2D eigenvalue weighted by Gasteiger charge is 2.19. The standard InChI is InChI=1S/C10H14N5O4P/c1-2-3-19-20(16,17)6-18-4-7-14-8-9(11)12-5-13-10(8)15-7/h2,5H,1,3-4,6H2,(H,16,17)(H3,11,12,13,14,15). The van der Waals surface area contributed by atoms with Crippen molar-refractivity contribution >= 4 is 24.6 Å². The van der Waals surface area contributed by atoms with Crippen molar-refractivity contribution in [2.24, 2.45) is 0 Å². The van der Waals surface area contributed by atoms with Crippen LogP contribution in [0.15, 0.2) is 19.0 Å². The smallest absolute Gasteiger partial charge is 0.353 e. The van der Waals surface area contributed by atoms with Gasteiger partial charge in [-0.2, -0.15) is 0 Å². The van der Waals surface area contributed by atoms with Crippen molar-refractivity contribution in [1.29, 1.82) is 0 Å². The molecule has 0 fully saturated rings. The van der Waals surface area contributed by atoms with Gasteiger partial charge in [0.15, 0.2) is 11.5 Å². The summed E-state index contributed by atoms with van der Waals surface area (Å²) in [4.78, 5) is 24.1. The summed E-state index contributed by atoms with van der Waals surface area (Å²) >= 11 is 0. The number of aromatic nitrogens is 4. The average Bonchev–Trinajstić information content (AvgIpc) is 2.81. The van der Waals surface area contributed by atoms with Crippen LogP contribution in [0.4, 0.5) is 5.82 Å². The molecule has 0 bridgehead atoms. The van der Waals surface area contributed by atoms with Crippen LogP contribution in [-0.2, 0) is 20.4 Å². The number of aromatic amines is 1. The lowest BCUT2D eigenvalue weighted by atomic mass is 10.5. The van der Waals surface area contributed by atoms with Gasteiger partial charge in [0.25, 0.3) is 0 Å². The van der Waals surface area contributed by atoms with Crippen molar-refractivity contribution < 1.29 is 18.7 Å². The minimum atomic E-state index is -3.78. The summed E-state index contributed by atoms with van der Waals surface area (Å²) in [5.74, 6) is 0.701. The van der Waals surface area contributed by atoms with Crippen molar-refractivity contribution in [2.45, 2.75) is 6.61 Å². The van der Waals surface area contributed by atoms with E-state index >= 15 is 0 Å². The monoisotopic (exact) mass is 299 g/mol. The van der Waals surface area contributed by atoms with Crippen LogP contribution < -0.4 is 5.73 Å². The number of nitrogen functional groups attached to an aromatic ring is 1. The van der Waals surface area contributed by atoms with Gasteiger partial charge in [-0.3, -0.25) is 4.57 Å². The maximum Gasteiger partial charge on any atom is 0.353 e. The first-order chi connectivity index (χ1) is 9.52. The second kappa shape index (κ2) is 6.10. The van der Waals surface area contributed by atoms with Crippen LogP contribution in [-0.4, -0.2) is 37.8 Å². The summed E-state index contributed by atoms with van der Waals surface area (Å²) in [5, 5.41) is 0. The van der Waals surface area contributed by atoms with E-state index in [1.807, 2.05) is 0 Å². The molecule has 0 aliphatic rings. The van der Waals surface area contributed by atoms with E-state index in [0.717, 1.165) is 0 Å². The van der Waals surface area contributed by atoms with E-state index in [1.165, 1.54) is 12.4 Å². The SMILES string of the molecule is C=CCOP(=O)(O)COCc1nc2ncnc(N)c2[nH]1. The summed E-state index contributed by atoms with van der Waals surface area (Å²) in [6.45, 7) is 3.36. The zero-order valence-corrected chi connectivity index (χ0v) is 11.4. The zero-order valence-electron chi connectivity index (χ0n) is 10.5. The molecule has 0 amide bonds. The molecule has 0 aliphatic carbocycles. The van der Waals surface area contributed by atoms with Crippen LogP contribution in [0, 0.1) is 0 Å². The number of hydrogen-bond acceptors (Lipinski definition) is 7. The van der Waals surface area contributed by atoms with E-state index in [2.05, 4.69) is 31.0 Å². The van der Waals surface area contributed by atoms with Gasteiger partial charge < -0.3 is 24.9 Å². The molecule has 20 heavy (non-hydrogen) atoms. The van der Waals surface area contributed by atoms with Gasteiger partial charge in [-0.25, -0.2) is 15.0 Å². The van der Waals surface area contributed by atoms with E-state index in [4.69, 9.17) is 10.5 Å². The number of nitrogens with one attached hydrogen (secondary N) is 1. The number of nitrogens with zero attached hydrogens (tertiary/aromatic N) is 3. The average molecular weight is 299 g/mol. The molecule has 1 atom stereocenters. The Morgan fingerprint density at radius 2 is 2.35 bits per heavy atom. The molecule has 2 aromatic heterocycles. The molecule has 2 rings (SSSR count). The molecule has 0 aromatic carbocycles. The van der Waals surface area contributed by atoms with E-state index in [0.29, 0.717) is 17.0 Å². The third kappa shape index (κ3) is 3.61. The van der Waals surface area contributed by atoms with E-state index in [9.17, 15) is 9.46 Å². The van der Waals surface area contributed by atoms with Crippen molar-refractivity contribution in [3.8, 4) is 0 Å². The van der Waals surface area contributed by atoms with Gasteiger partial charge in [0.2, 0.25) is 0 Å². The number of imidazole rings is 1. The Kier molecular flexibility index (Phi) is 4.46. The molecular formula is C10H14N5O4P. The first-order valence-corrected chi connectivity index (χ1v) is 7.38. The number of hydrogen-bond donors (Lipinski definition) is 3. The summed E-state index contributed by atoms with van der Waals surface area (Å²) in [5.41, 5.74) is 6.55. The lowest BCUT2D eigenvalue weighted by Crippen LogP contribution is -2.01. The first-order valence-electron chi connectivity index (χ1n) is 5.62. The van der Waals surface area contributed by atoms with Crippen LogP contribution >= 0.6 is 7.60 Å². The number of H-pyrrole nitrogens is 1. The fraction of sp³-hybridized carbons (Fsp3) is 0.300. The topological polar surface area (TPSA) is 136 Å². The van der Waals surface area contributed by atoms with Crippen LogP contribution in [0.25, 0.3) is 11.2 Å². The molecule has 2 aromatic rings. The van der Waals surface area contributed by atoms with Crippen LogP contribution in [0.3, 0.4) is 0 Å². The molecule has 4 N–H and O–H groups in total. The number of fused-ring (bicyclic) bond motifs is 1. The largest absolute Gasteiger partial charge is 0.382 e. The van der Waals surface area contributed by atoms with Gasteiger partial charge in [-0.05, 0) is 0 Å². The molecule has 0 radical (unpaired) electrons. The highest BCUT2D eigenvalue weighted by Crippen LogP contribution is 2.41. The minimum Gasteiger partial charge on any atom is -0.382 e. The molecule has 1 unspecified atom stereocenters. The lowest BCUT2D eigenvalue weighted by Gasteiger charge is -2.10. The highest BCUT2D eigenvalue weighted by atomic mass is 31.2. The van der Waals surface area contributed by atoms with Gasteiger partial charge in [0.05, 0.1) is 6.61 Å². The van der Waals surface area contributed by atoms with Gasteiger partial charge in [0, 0.05) is 0 Å². The van der Waals surface area contributed by atoms with E-state index < -0.39 is 13.9 Å². The Hall–Kier alpha value is -1.80. The Morgan fingerprint density at radius 3 is 3.05 bits per heavy atom. The molecule has 0 aliphatic heterocycles. The molecular weight excluding hydrogens is 285 g/mol. The van der Waals surface area contributed by atoms with Gasteiger partial charge in [-0.1, -0.05) is 6.08 Å². The Bertz CT molecular complexity index is 658. The van der Waals surface area contributed by atoms with Crippen LogP contribution in [0.1, 0.15) is 5.82 Å². The van der Waals surface area contributed by atoms with Gasteiger partial charge >= 0.3 is 7.60 Å². The normalized spacial score (nSPS) is 14.2. The Labute approximate surface area is 114 Å². The number of ether oxygens (including phenoxy) is 1. The summed E-state index contributed by atoms with van der Waals surface area (Å²) < 4.78 is 21.3. The minimum absolute atomic E-state index is 0.00218. The summed E-state index contributed by atoms with van der Waals surface area (Å²) in [6.07, 6.45) is 2.23. The van der Waals surface area contributed by atoms with E-state index in [-0.39, 0.29) is 19.0 Å². The molecule has 9 nitrogen and oxygen atoms in total. The van der Waals surface area contributed by atoms with Crippen LogP contribution in [0.5, 0.6) is 0 Å². The zero-order chi connectivity index (χ0) is 14.6. The second-order valence-corrected chi connectivity index (χ2v) is 5.63. The van der Waals surface area contributed by atoms with Crippen molar-refractivity contribution in [2.75, 3.05) is 18.7 Å². The summed E-state index contributed by atoms with van der Waals surface area (Å²) in [6, 6.07) is 0. The van der Waals surface area contributed by atoms with Crippen molar-refractivity contribution in [1.82, 2.24) is 19.9 Å². The number of nitrogens with two attached hydrogens (primary N) is 1. The molecule has 0 saturated heterocycles. The molecule has 10 heteroatoms. The van der Waals surface area contributed by atoms with E-state index in [1.54, 1.807) is 0 Å². The molecule has 2 heterocycles. The quantitative estimate of drug-likeness (QED) is 0.504. The fourth-order valence-electron chi connectivity index (χ4n) is 1.43. The van der Waals surface area contributed by atoms with Crippen molar-refractivity contribution in [3.05, 3.63) is 24.8 Å². The fourth-order valence-corrected chi connectivity index (χ4v) is 2.16. The predicted molar refractivity (Wildman–Crippen MR) is 71.7 cm³/mol. The predicted octanol–water partition coefficient (Wildman–Crippen LogP) is 0.797. The maximum atomic E-state index is 11.5. The third-order valence-electron chi connectivity index (χ3n) is 2.25. The second-order valence-electron chi connectivity index (χ2n) is 3.84. The van der Waals surface area contributed by atoms with Crippen LogP contribution in [0.2, 0.25) is 0 Å².